The summed E-state index contributed by atoms with van der Waals surface area (Å²) in [5.74, 6) is 0.979. The molecule has 2 rings (SSSR count). The van der Waals surface area contributed by atoms with Crippen LogP contribution in [0.2, 0.25) is 0 Å². The van der Waals surface area contributed by atoms with Crippen molar-refractivity contribution in [1.82, 2.24) is 5.32 Å². The van der Waals surface area contributed by atoms with Crippen LogP contribution in [0.15, 0.2) is 42.5 Å². The number of ketones is 1. The molecule has 1 N–H and O–H groups in total. The van der Waals surface area contributed by atoms with Gasteiger partial charge in [0.05, 0.1) is 19.8 Å². The number of benzene rings is 2. The van der Waals surface area contributed by atoms with Gasteiger partial charge < -0.3 is 14.8 Å². The molecule has 0 saturated heterocycles. The molecular formula is C20H23NO4. The molecule has 0 radical (unpaired) electrons. The van der Waals surface area contributed by atoms with Gasteiger partial charge in [-0.3, -0.25) is 9.59 Å². The lowest BCUT2D eigenvalue weighted by Crippen LogP contribution is -2.23. The Morgan fingerprint density at radius 1 is 0.960 bits per heavy atom. The molecule has 5 heteroatoms. The molecule has 5 nitrogen and oxygen atoms in total. The maximum atomic E-state index is 12.4. The fourth-order valence-corrected chi connectivity index (χ4v) is 2.53. The molecule has 0 aromatic heterocycles. The third-order valence-electron chi connectivity index (χ3n) is 3.90. The molecule has 0 bridgehead atoms. The minimum atomic E-state index is -0.175. The molecule has 0 spiro atoms. The van der Waals surface area contributed by atoms with Gasteiger partial charge in [0.1, 0.15) is 11.5 Å². The quantitative estimate of drug-likeness (QED) is 0.748. The molecule has 0 aliphatic rings. The van der Waals surface area contributed by atoms with Gasteiger partial charge in [-0.05, 0) is 25.1 Å². The van der Waals surface area contributed by atoms with Crippen LogP contribution in [0.3, 0.4) is 0 Å². The van der Waals surface area contributed by atoms with E-state index in [9.17, 15) is 9.59 Å². The number of hydrogen-bond acceptors (Lipinski definition) is 4. The predicted octanol–water partition coefficient (Wildman–Crippen LogP) is 3.29. The number of carbonyl (C=O) groups is 2. The summed E-state index contributed by atoms with van der Waals surface area (Å²) < 4.78 is 10.5. The highest BCUT2D eigenvalue weighted by atomic mass is 16.5. The first-order valence-electron chi connectivity index (χ1n) is 8.11. The van der Waals surface area contributed by atoms with E-state index >= 15 is 0 Å². The van der Waals surface area contributed by atoms with Crippen LogP contribution in [0, 0.1) is 6.92 Å². The standard InChI is InChI=1S/C20H23NO4/c1-14-8-10-19(25-3)16(12-14)17(22)9-11-20(23)21-13-15-6-4-5-7-18(15)24-2/h4-8,10,12H,9,11,13H2,1-3H3,(H,21,23). The highest BCUT2D eigenvalue weighted by Gasteiger charge is 2.14. The first kappa shape index (κ1) is 18.5. The van der Waals surface area contributed by atoms with E-state index in [1.807, 2.05) is 37.3 Å². The Morgan fingerprint density at radius 2 is 1.68 bits per heavy atom. The molecule has 1 amide bonds. The summed E-state index contributed by atoms with van der Waals surface area (Å²) in [6.07, 6.45) is 0.267. The summed E-state index contributed by atoms with van der Waals surface area (Å²) in [6.45, 7) is 2.28. The van der Waals surface area contributed by atoms with Crippen LogP contribution in [0.4, 0.5) is 0 Å². The fraction of sp³-hybridized carbons (Fsp3) is 0.300. The molecule has 0 aliphatic heterocycles. The van der Waals surface area contributed by atoms with Gasteiger partial charge in [0.25, 0.3) is 0 Å². The average molecular weight is 341 g/mol. The van der Waals surface area contributed by atoms with E-state index in [0.29, 0.717) is 17.9 Å². The van der Waals surface area contributed by atoms with Gasteiger partial charge in [0.15, 0.2) is 5.78 Å². The van der Waals surface area contributed by atoms with Gasteiger partial charge in [-0.1, -0.05) is 29.8 Å². The number of nitrogens with one attached hydrogen (secondary N) is 1. The number of methoxy groups -OCH3 is 2. The average Bonchev–Trinajstić information content (AvgIpc) is 2.64. The van der Waals surface area contributed by atoms with E-state index in [0.717, 1.165) is 16.9 Å². The van der Waals surface area contributed by atoms with E-state index in [4.69, 9.17) is 9.47 Å². The minimum Gasteiger partial charge on any atom is -0.496 e. The van der Waals surface area contributed by atoms with Crippen LogP contribution in [-0.4, -0.2) is 25.9 Å². The Balaban J connectivity index is 1.89. The molecule has 0 unspecified atom stereocenters. The van der Waals surface area contributed by atoms with E-state index < -0.39 is 0 Å². The van der Waals surface area contributed by atoms with Crippen molar-refractivity contribution in [3.8, 4) is 11.5 Å². The lowest BCUT2D eigenvalue weighted by Gasteiger charge is -2.10. The number of rotatable bonds is 8. The number of ether oxygens (including phenoxy) is 2. The minimum absolute atomic E-state index is 0.104. The Kier molecular flexibility index (Phi) is 6.57. The van der Waals surface area contributed by atoms with E-state index in [1.165, 1.54) is 7.11 Å². The lowest BCUT2D eigenvalue weighted by atomic mass is 10.0. The van der Waals surface area contributed by atoms with Gasteiger partial charge in [0, 0.05) is 24.9 Å². The van der Waals surface area contributed by atoms with E-state index in [1.54, 1.807) is 19.2 Å². The zero-order valence-corrected chi connectivity index (χ0v) is 14.8. The maximum absolute atomic E-state index is 12.4. The van der Waals surface area contributed by atoms with Crippen molar-refractivity contribution in [2.45, 2.75) is 26.3 Å². The second-order valence-corrected chi connectivity index (χ2v) is 5.72. The van der Waals surface area contributed by atoms with Gasteiger partial charge >= 0.3 is 0 Å². The van der Waals surface area contributed by atoms with Crippen LogP contribution in [0.5, 0.6) is 11.5 Å². The molecule has 0 aliphatic carbocycles. The highest BCUT2D eigenvalue weighted by molar-refractivity contribution is 6.00. The highest BCUT2D eigenvalue weighted by Crippen LogP contribution is 2.22. The van der Waals surface area contributed by atoms with E-state index in [-0.39, 0.29) is 24.5 Å². The van der Waals surface area contributed by atoms with Crippen molar-refractivity contribution in [2.24, 2.45) is 0 Å². The number of aryl methyl sites for hydroxylation is 1. The molecule has 2 aromatic carbocycles. The van der Waals surface area contributed by atoms with Crippen LogP contribution in [0.1, 0.15) is 34.3 Å². The molecular weight excluding hydrogens is 318 g/mol. The molecule has 2 aromatic rings. The molecule has 0 atom stereocenters. The van der Waals surface area contributed by atoms with Gasteiger partial charge in [-0.25, -0.2) is 0 Å². The Morgan fingerprint density at radius 3 is 2.40 bits per heavy atom. The zero-order chi connectivity index (χ0) is 18.2. The summed E-state index contributed by atoms with van der Waals surface area (Å²) in [5, 5.41) is 2.82. The van der Waals surface area contributed by atoms with Crippen molar-refractivity contribution in [2.75, 3.05) is 14.2 Å². The zero-order valence-electron chi connectivity index (χ0n) is 14.8. The summed E-state index contributed by atoms with van der Waals surface area (Å²) >= 11 is 0. The van der Waals surface area contributed by atoms with Crippen molar-refractivity contribution in [3.05, 3.63) is 59.2 Å². The molecule has 0 heterocycles. The normalized spacial score (nSPS) is 10.2. The smallest absolute Gasteiger partial charge is 0.220 e. The van der Waals surface area contributed by atoms with Crippen molar-refractivity contribution >= 4 is 11.7 Å². The summed E-state index contributed by atoms with van der Waals surface area (Å²) in [6, 6.07) is 12.9. The number of hydrogen-bond donors (Lipinski definition) is 1. The number of Topliss-reactive ketones (excluding diaryl/α,β-unsaturated/α-hetero) is 1. The van der Waals surface area contributed by atoms with Crippen LogP contribution in [-0.2, 0) is 11.3 Å². The first-order valence-corrected chi connectivity index (χ1v) is 8.11. The van der Waals surface area contributed by atoms with Crippen molar-refractivity contribution in [3.63, 3.8) is 0 Å². The Bertz CT molecular complexity index is 755. The van der Waals surface area contributed by atoms with Crippen LogP contribution in [0.25, 0.3) is 0 Å². The second-order valence-electron chi connectivity index (χ2n) is 5.72. The maximum Gasteiger partial charge on any atom is 0.220 e. The van der Waals surface area contributed by atoms with Gasteiger partial charge in [0.2, 0.25) is 5.91 Å². The number of carbonyl (C=O) groups excluding carboxylic acids is 2. The third kappa shape index (κ3) is 5.08. The van der Waals surface area contributed by atoms with Crippen LogP contribution >= 0.6 is 0 Å². The van der Waals surface area contributed by atoms with E-state index in [2.05, 4.69) is 5.32 Å². The predicted molar refractivity (Wildman–Crippen MR) is 96.1 cm³/mol. The monoisotopic (exact) mass is 341 g/mol. The fourth-order valence-electron chi connectivity index (χ4n) is 2.53. The molecule has 25 heavy (non-hydrogen) atoms. The lowest BCUT2D eigenvalue weighted by molar-refractivity contribution is -0.121. The summed E-state index contributed by atoms with van der Waals surface area (Å²) in [5.41, 5.74) is 2.38. The molecule has 0 saturated carbocycles. The summed E-state index contributed by atoms with van der Waals surface area (Å²) in [4.78, 5) is 24.4. The van der Waals surface area contributed by atoms with Crippen molar-refractivity contribution in [1.29, 1.82) is 0 Å². The van der Waals surface area contributed by atoms with Gasteiger partial charge in [-0.15, -0.1) is 0 Å². The summed E-state index contributed by atoms with van der Waals surface area (Å²) in [7, 11) is 3.12. The van der Waals surface area contributed by atoms with Crippen LogP contribution < -0.4 is 14.8 Å². The second kappa shape index (κ2) is 8.87. The number of amides is 1. The SMILES string of the molecule is COc1ccccc1CNC(=O)CCC(=O)c1cc(C)ccc1OC. The van der Waals surface area contributed by atoms with Gasteiger partial charge in [-0.2, -0.15) is 0 Å². The largest absolute Gasteiger partial charge is 0.496 e. The molecule has 0 fully saturated rings. The van der Waals surface area contributed by atoms with Crippen molar-refractivity contribution < 1.29 is 19.1 Å². The molecule has 132 valence electrons. The third-order valence-corrected chi connectivity index (χ3v) is 3.90. The number of para-hydroxylation sites is 1. The Hall–Kier alpha value is -2.82. The Labute approximate surface area is 148 Å². The topological polar surface area (TPSA) is 64.6 Å². The first-order chi connectivity index (χ1) is 12.0.